The van der Waals surface area contributed by atoms with Crippen molar-refractivity contribution in [2.24, 2.45) is 11.1 Å². The first-order chi connectivity index (χ1) is 10.0. The van der Waals surface area contributed by atoms with E-state index in [9.17, 15) is 9.18 Å². The van der Waals surface area contributed by atoms with Crippen LogP contribution in [0.2, 0.25) is 0 Å². The molecule has 3 N–H and O–H groups in total. The van der Waals surface area contributed by atoms with Crippen LogP contribution in [0.5, 0.6) is 5.75 Å². The molecule has 0 saturated heterocycles. The number of ether oxygens (including phenoxy) is 1. The number of carbonyl (C=O) groups is 1. The van der Waals surface area contributed by atoms with Crippen molar-refractivity contribution in [3.05, 3.63) is 24.0 Å². The zero-order valence-electron chi connectivity index (χ0n) is 13.0. The van der Waals surface area contributed by atoms with Crippen LogP contribution < -0.4 is 15.8 Å². The summed E-state index contributed by atoms with van der Waals surface area (Å²) >= 11 is 0. The van der Waals surface area contributed by atoms with Gasteiger partial charge in [0, 0.05) is 12.6 Å². The van der Waals surface area contributed by atoms with Gasteiger partial charge in [-0.1, -0.05) is 26.7 Å². The lowest BCUT2D eigenvalue weighted by atomic mass is 9.78. The predicted molar refractivity (Wildman–Crippen MR) is 82.9 cm³/mol. The standard InChI is InChI=1S/C16H25FN2O2/c1-4-8-16(11-18,9-5-2)15(20)19-14-10-12(21-3)6-7-13(14)17/h6-7,10H,4-5,8-9,11,18H2,1-3H3,(H,19,20). The highest BCUT2D eigenvalue weighted by atomic mass is 19.1. The van der Waals surface area contributed by atoms with Crippen molar-refractivity contribution in [1.29, 1.82) is 0 Å². The van der Waals surface area contributed by atoms with Gasteiger partial charge in [-0.05, 0) is 25.0 Å². The minimum absolute atomic E-state index is 0.129. The first kappa shape index (κ1) is 17.4. The molecule has 1 rings (SSSR count). The summed E-state index contributed by atoms with van der Waals surface area (Å²) in [5.41, 5.74) is 5.34. The highest BCUT2D eigenvalue weighted by Gasteiger charge is 2.35. The predicted octanol–water partition coefficient (Wildman–Crippen LogP) is 3.32. The third-order valence-corrected chi connectivity index (χ3v) is 3.75. The SMILES string of the molecule is CCCC(CN)(CCC)C(=O)Nc1cc(OC)ccc1F. The number of anilines is 1. The summed E-state index contributed by atoms with van der Waals surface area (Å²) in [4.78, 5) is 12.6. The zero-order valence-corrected chi connectivity index (χ0v) is 13.0. The molecule has 0 atom stereocenters. The molecule has 0 aliphatic heterocycles. The molecule has 0 spiro atoms. The van der Waals surface area contributed by atoms with Gasteiger partial charge in [0.25, 0.3) is 0 Å². The highest BCUT2D eigenvalue weighted by Crippen LogP contribution is 2.31. The number of benzene rings is 1. The number of nitrogens with two attached hydrogens (primary N) is 1. The van der Waals surface area contributed by atoms with Crippen LogP contribution >= 0.6 is 0 Å². The number of amides is 1. The van der Waals surface area contributed by atoms with Gasteiger partial charge in [-0.2, -0.15) is 0 Å². The van der Waals surface area contributed by atoms with E-state index in [0.29, 0.717) is 18.6 Å². The Bertz CT molecular complexity index is 471. The quantitative estimate of drug-likeness (QED) is 0.773. The average molecular weight is 296 g/mol. The minimum atomic E-state index is -0.640. The summed E-state index contributed by atoms with van der Waals surface area (Å²) in [6, 6.07) is 4.27. The van der Waals surface area contributed by atoms with Crippen LogP contribution in [0.1, 0.15) is 39.5 Å². The van der Waals surface area contributed by atoms with Crippen LogP contribution in [0.15, 0.2) is 18.2 Å². The molecule has 4 nitrogen and oxygen atoms in total. The van der Waals surface area contributed by atoms with E-state index in [0.717, 1.165) is 12.8 Å². The Hall–Kier alpha value is -1.62. The van der Waals surface area contributed by atoms with Crippen LogP contribution in [0.4, 0.5) is 10.1 Å². The van der Waals surface area contributed by atoms with Crippen molar-refractivity contribution in [3.8, 4) is 5.75 Å². The van der Waals surface area contributed by atoms with Gasteiger partial charge in [0.05, 0.1) is 18.2 Å². The Kier molecular flexibility index (Phi) is 6.62. The van der Waals surface area contributed by atoms with Crippen molar-refractivity contribution >= 4 is 11.6 Å². The van der Waals surface area contributed by atoms with Crippen LogP contribution in [0, 0.1) is 11.2 Å². The monoisotopic (exact) mass is 296 g/mol. The molecule has 1 aromatic rings. The van der Waals surface area contributed by atoms with E-state index in [2.05, 4.69) is 5.32 Å². The van der Waals surface area contributed by atoms with Crippen molar-refractivity contribution in [2.45, 2.75) is 39.5 Å². The number of carbonyl (C=O) groups excluding carboxylic acids is 1. The number of hydrogen-bond donors (Lipinski definition) is 2. The summed E-state index contributed by atoms with van der Waals surface area (Å²) in [7, 11) is 1.50. The van der Waals surface area contributed by atoms with Gasteiger partial charge in [-0.3, -0.25) is 4.79 Å². The first-order valence-corrected chi connectivity index (χ1v) is 7.38. The molecule has 0 aliphatic carbocycles. The van der Waals surface area contributed by atoms with Crippen LogP contribution in [0.3, 0.4) is 0 Å². The molecule has 1 amide bonds. The van der Waals surface area contributed by atoms with Gasteiger partial charge in [0.15, 0.2) is 0 Å². The van der Waals surface area contributed by atoms with Gasteiger partial charge in [-0.25, -0.2) is 4.39 Å². The summed E-state index contributed by atoms with van der Waals surface area (Å²) in [5.74, 6) is -0.208. The topological polar surface area (TPSA) is 64.4 Å². The molecule has 0 unspecified atom stereocenters. The minimum Gasteiger partial charge on any atom is -0.497 e. The molecule has 0 heterocycles. The van der Waals surface area contributed by atoms with Crippen LogP contribution in [-0.2, 0) is 4.79 Å². The second kappa shape index (κ2) is 7.98. The van der Waals surface area contributed by atoms with Gasteiger partial charge in [0.2, 0.25) is 5.91 Å². The fourth-order valence-electron chi connectivity index (χ4n) is 2.59. The lowest BCUT2D eigenvalue weighted by Gasteiger charge is -2.30. The van der Waals surface area contributed by atoms with Crippen molar-refractivity contribution in [1.82, 2.24) is 0 Å². The fourth-order valence-corrected chi connectivity index (χ4v) is 2.59. The lowest BCUT2D eigenvalue weighted by Crippen LogP contribution is -2.42. The molecule has 0 radical (unpaired) electrons. The number of halogens is 1. The summed E-state index contributed by atoms with van der Waals surface area (Å²) in [5, 5.41) is 2.67. The molecule has 0 aromatic heterocycles. The number of nitrogens with one attached hydrogen (secondary N) is 1. The molecular formula is C16H25FN2O2. The number of rotatable bonds is 8. The maximum atomic E-state index is 13.8. The molecule has 21 heavy (non-hydrogen) atoms. The molecule has 1 aromatic carbocycles. The van der Waals surface area contributed by atoms with Gasteiger partial charge < -0.3 is 15.8 Å². The Morgan fingerprint density at radius 1 is 1.33 bits per heavy atom. The summed E-state index contributed by atoms with van der Waals surface area (Å²) in [6.07, 6.45) is 3.08. The van der Waals surface area contributed by atoms with Crippen molar-refractivity contribution in [3.63, 3.8) is 0 Å². The van der Waals surface area contributed by atoms with Crippen LogP contribution in [0.25, 0.3) is 0 Å². The average Bonchev–Trinajstić information content (AvgIpc) is 2.49. The Labute approximate surface area is 125 Å². The Balaban J connectivity index is 3.00. The van der Waals surface area contributed by atoms with Gasteiger partial charge >= 0.3 is 0 Å². The first-order valence-electron chi connectivity index (χ1n) is 7.38. The zero-order chi connectivity index (χ0) is 15.9. The molecule has 5 heteroatoms. The smallest absolute Gasteiger partial charge is 0.231 e. The maximum Gasteiger partial charge on any atom is 0.231 e. The third-order valence-electron chi connectivity index (χ3n) is 3.75. The van der Waals surface area contributed by atoms with E-state index in [-0.39, 0.29) is 18.1 Å². The summed E-state index contributed by atoms with van der Waals surface area (Å²) < 4.78 is 18.9. The largest absolute Gasteiger partial charge is 0.497 e. The second-order valence-corrected chi connectivity index (χ2v) is 5.28. The Morgan fingerprint density at radius 2 is 1.95 bits per heavy atom. The lowest BCUT2D eigenvalue weighted by molar-refractivity contribution is -0.126. The molecule has 0 fully saturated rings. The van der Waals surface area contributed by atoms with Gasteiger partial charge in [0.1, 0.15) is 11.6 Å². The Morgan fingerprint density at radius 3 is 2.43 bits per heavy atom. The van der Waals surface area contributed by atoms with E-state index in [1.807, 2.05) is 13.8 Å². The van der Waals surface area contributed by atoms with Crippen LogP contribution in [-0.4, -0.2) is 19.6 Å². The van der Waals surface area contributed by atoms with Crippen molar-refractivity contribution in [2.75, 3.05) is 19.0 Å². The summed E-state index contributed by atoms with van der Waals surface area (Å²) in [6.45, 7) is 4.28. The van der Waals surface area contributed by atoms with Crippen molar-refractivity contribution < 1.29 is 13.9 Å². The van der Waals surface area contributed by atoms with E-state index >= 15 is 0 Å². The molecule has 0 saturated carbocycles. The second-order valence-electron chi connectivity index (χ2n) is 5.28. The number of hydrogen-bond acceptors (Lipinski definition) is 3. The highest BCUT2D eigenvalue weighted by molar-refractivity contribution is 5.95. The number of methoxy groups -OCH3 is 1. The molecule has 0 bridgehead atoms. The third kappa shape index (κ3) is 4.17. The van der Waals surface area contributed by atoms with E-state index in [1.54, 1.807) is 0 Å². The normalized spacial score (nSPS) is 11.3. The molecular weight excluding hydrogens is 271 g/mol. The van der Waals surface area contributed by atoms with E-state index < -0.39 is 11.2 Å². The van der Waals surface area contributed by atoms with E-state index in [4.69, 9.17) is 10.5 Å². The van der Waals surface area contributed by atoms with E-state index in [1.165, 1.54) is 25.3 Å². The fraction of sp³-hybridized carbons (Fsp3) is 0.562. The molecule has 118 valence electrons. The maximum absolute atomic E-state index is 13.8. The van der Waals surface area contributed by atoms with Gasteiger partial charge in [-0.15, -0.1) is 0 Å². The molecule has 0 aliphatic rings.